The van der Waals surface area contributed by atoms with Gasteiger partial charge in [0.15, 0.2) is 0 Å². The first kappa shape index (κ1) is 12.5. The van der Waals surface area contributed by atoms with E-state index >= 15 is 0 Å². The molecule has 0 bridgehead atoms. The molecule has 3 heteroatoms. The third-order valence-corrected chi connectivity index (χ3v) is 3.39. The van der Waals surface area contributed by atoms with E-state index in [1.54, 1.807) is 0 Å². The molecule has 1 saturated carbocycles. The van der Waals surface area contributed by atoms with Crippen LogP contribution in [0.5, 0.6) is 11.4 Å². The molecule has 1 heterocycles. The molecule has 0 aliphatic heterocycles. The molecule has 0 aromatic carbocycles. The van der Waals surface area contributed by atoms with Crippen molar-refractivity contribution in [3.8, 4) is 11.4 Å². The van der Waals surface area contributed by atoms with E-state index in [1.165, 1.54) is 31.2 Å². The average Bonchev–Trinajstić information content (AvgIpc) is 2.85. The molecule has 1 aromatic heterocycles. The number of rotatable bonds is 5. The predicted molar refractivity (Wildman–Crippen MR) is 71.3 cm³/mol. The molecule has 17 heavy (non-hydrogen) atoms. The van der Waals surface area contributed by atoms with Crippen molar-refractivity contribution in [2.24, 2.45) is 0 Å². The topological polar surface area (TPSA) is 18.5 Å². The summed E-state index contributed by atoms with van der Waals surface area (Å²) >= 11 is 0. The van der Waals surface area contributed by atoms with E-state index in [0.717, 1.165) is 11.4 Å². The molecule has 2 nitrogen and oxygen atoms in total. The summed E-state index contributed by atoms with van der Waals surface area (Å²) in [5.41, 5.74) is 2.24. The second-order valence-corrected chi connectivity index (χ2v) is 4.52. The van der Waals surface area contributed by atoms with Crippen LogP contribution >= 0.6 is 0 Å². The Morgan fingerprint density at radius 1 is 1.18 bits per heavy atom. The van der Waals surface area contributed by atoms with E-state index in [0.29, 0.717) is 19.1 Å². The Labute approximate surface area is 105 Å². The summed E-state index contributed by atoms with van der Waals surface area (Å²) in [6.07, 6.45) is 5.26. The number of hydrogen-bond acceptors (Lipinski definition) is 2. The van der Waals surface area contributed by atoms with Gasteiger partial charge in [-0.2, -0.15) is 0 Å². The van der Waals surface area contributed by atoms with Gasteiger partial charge in [-0.3, -0.25) is 0 Å². The van der Waals surface area contributed by atoms with Gasteiger partial charge >= 0.3 is 104 Å². The van der Waals surface area contributed by atoms with Crippen molar-refractivity contribution >= 4 is 6.91 Å². The van der Waals surface area contributed by atoms with E-state index in [9.17, 15) is 0 Å². The Morgan fingerprint density at radius 3 is 2.53 bits per heavy atom. The molecule has 0 radical (unpaired) electrons. The van der Waals surface area contributed by atoms with E-state index in [2.05, 4.69) is 12.0 Å². The monoisotopic (exact) mass is 232 g/mol. The first-order valence-electron chi connectivity index (χ1n) is 6.75. The van der Waals surface area contributed by atoms with Crippen LogP contribution in [-0.4, -0.2) is 20.1 Å². The van der Waals surface area contributed by atoms with Crippen molar-refractivity contribution in [2.75, 3.05) is 13.2 Å². The molecular formula is C14H21BO2. The van der Waals surface area contributed by atoms with Crippen LogP contribution in [0, 0.1) is 0 Å². The van der Waals surface area contributed by atoms with Crippen molar-refractivity contribution in [1.29, 1.82) is 0 Å². The van der Waals surface area contributed by atoms with Crippen LogP contribution < -0.4 is 9.47 Å². The van der Waals surface area contributed by atoms with Gasteiger partial charge in [-0.05, 0) is 0 Å². The zero-order valence-corrected chi connectivity index (χ0v) is 10.9. The third kappa shape index (κ3) is 2.82. The van der Waals surface area contributed by atoms with Gasteiger partial charge in [0.25, 0.3) is 0 Å². The summed E-state index contributed by atoms with van der Waals surface area (Å²) in [6, 6.07) is 2.20. The molecule has 1 fully saturated rings. The molecule has 1 aliphatic rings. The molecular weight excluding hydrogens is 211 g/mol. The van der Waals surface area contributed by atoms with Crippen LogP contribution in [0.25, 0.3) is 0 Å². The van der Waals surface area contributed by atoms with E-state index < -0.39 is 0 Å². The molecule has 0 N–H and O–H groups in total. The van der Waals surface area contributed by atoms with Crippen LogP contribution in [-0.2, 0) is 0 Å². The van der Waals surface area contributed by atoms with Gasteiger partial charge in [0.1, 0.15) is 0 Å². The summed E-state index contributed by atoms with van der Waals surface area (Å²) in [7, 11) is 0. The number of hydrogen-bond donors (Lipinski definition) is 0. The summed E-state index contributed by atoms with van der Waals surface area (Å²) in [5, 5.41) is 0. The normalized spacial score (nSPS) is 15.9. The summed E-state index contributed by atoms with van der Waals surface area (Å²) in [4.78, 5) is 0. The Kier molecular flexibility index (Phi) is 4.46. The van der Waals surface area contributed by atoms with Crippen LogP contribution in [0.2, 0.25) is 0 Å². The quantitative estimate of drug-likeness (QED) is 0.773. The van der Waals surface area contributed by atoms with Gasteiger partial charge in [0, 0.05) is 0 Å². The van der Waals surface area contributed by atoms with E-state index in [4.69, 9.17) is 9.47 Å². The molecule has 0 amide bonds. The van der Waals surface area contributed by atoms with Crippen molar-refractivity contribution in [1.82, 2.24) is 0 Å². The van der Waals surface area contributed by atoms with Crippen LogP contribution in [0.1, 0.15) is 51.0 Å². The Hall–Kier alpha value is -0.985. The standard InChI is InChI=1S/C14H21BO2/c1-3-16-13-12(11-7-5-6-8-11)9-10-15-14(13)17-4-2/h9-11H,3-8H2,1-2H3. The molecule has 2 rings (SSSR count). The first-order chi connectivity index (χ1) is 8.36. The second kappa shape index (κ2) is 6.09. The predicted octanol–water partition coefficient (Wildman–Crippen LogP) is 3.48. The number of ether oxygens (including phenoxy) is 2. The van der Waals surface area contributed by atoms with Gasteiger partial charge in [-0.25, -0.2) is 0 Å². The van der Waals surface area contributed by atoms with E-state index in [-0.39, 0.29) is 0 Å². The second-order valence-electron chi connectivity index (χ2n) is 4.52. The summed E-state index contributed by atoms with van der Waals surface area (Å²) in [5.74, 6) is 3.72. The minimum absolute atomic E-state index is 0.664. The Bertz CT molecular complexity index is 359. The van der Waals surface area contributed by atoms with Gasteiger partial charge in [-0.1, -0.05) is 0 Å². The third-order valence-electron chi connectivity index (χ3n) is 3.39. The van der Waals surface area contributed by atoms with Crippen molar-refractivity contribution in [3.05, 3.63) is 17.6 Å². The van der Waals surface area contributed by atoms with Crippen LogP contribution in [0.4, 0.5) is 0 Å². The fraction of sp³-hybridized carbons (Fsp3) is 0.643. The zero-order chi connectivity index (χ0) is 12.1. The molecule has 92 valence electrons. The Morgan fingerprint density at radius 2 is 1.88 bits per heavy atom. The summed E-state index contributed by atoms with van der Waals surface area (Å²) in [6.45, 7) is 7.43. The SMILES string of the molecule is CCOc1bccc(C2CCCC2)c1OCC. The average molecular weight is 232 g/mol. The Balaban J connectivity index is 2.31. The molecule has 0 spiro atoms. The van der Waals surface area contributed by atoms with Crippen molar-refractivity contribution in [2.45, 2.75) is 45.4 Å². The van der Waals surface area contributed by atoms with Gasteiger partial charge in [0.05, 0.1) is 0 Å². The fourth-order valence-electron chi connectivity index (χ4n) is 2.66. The van der Waals surface area contributed by atoms with Crippen molar-refractivity contribution < 1.29 is 9.47 Å². The maximum absolute atomic E-state index is 5.81. The van der Waals surface area contributed by atoms with Crippen molar-refractivity contribution in [3.63, 3.8) is 0 Å². The molecule has 0 atom stereocenters. The minimum atomic E-state index is 0.664. The van der Waals surface area contributed by atoms with E-state index in [1.807, 2.05) is 20.8 Å². The fourth-order valence-corrected chi connectivity index (χ4v) is 2.66. The zero-order valence-electron chi connectivity index (χ0n) is 10.9. The van der Waals surface area contributed by atoms with Gasteiger partial charge in [0.2, 0.25) is 0 Å². The van der Waals surface area contributed by atoms with Gasteiger partial charge < -0.3 is 0 Å². The summed E-state index contributed by atoms with van der Waals surface area (Å²) < 4.78 is 11.5. The maximum atomic E-state index is 5.81. The molecule has 1 aliphatic carbocycles. The van der Waals surface area contributed by atoms with Crippen LogP contribution in [0.3, 0.4) is 0 Å². The first-order valence-corrected chi connectivity index (χ1v) is 6.75. The molecule has 1 aromatic rings. The molecule has 0 saturated heterocycles. The molecule has 0 unspecified atom stereocenters. The van der Waals surface area contributed by atoms with Crippen LogP contribution in [0.15, 0.2) is 12.0 Å². The van der Waals surface area contributed by atoms with Gasteiger partial charge in [-0.15, -0.1) is 0 Å².